The van der Waals surface area contributed by atoms with Crippen LogP contribution in [0.4, 0.5) is 27.5 Å². The highest BCUT2D eigenvalue weighted by atomic mass is 35.5. The van der Waals surface area contributed by atoms with Gasteiger partial charge in [-0.05, 0) is 36.4 Å². The van der Waals surface area contributed by atoms with Gasteiger partial charge >= 0.3 is 0 Å². The van der Waals surface area contributed by atoms with Crippen LogP contribution >= 0.6 is 23.2 Å². The van der Waals surface area contributed by atoms with Crippen LogP contribution in [0.3, 0.4) is 0 Å². The van der Waals surface area contributed by atoms with Crippen LogP contribution in [-0.2, 0) is 11.2 Å². The molecule has 0 fully saturated rings. The van der Waals surface area contributed by atoms with Crippen molar-refractivity contribution in [2.24, 2.45) is 0 Å². The Morgan fingerprint density at radius 3 is 2.67 bits per heavy atom. The van der Waals surface area contributed by atoms with Crippen LogP contribution in [0, 0.1) is 5.82 Å². The summed E-state index contributed by atoms with van der Waals surface area (Å²) in [4.78, 5) is 20.0. The van der Waals surface area contributed by atoms with E-state index < -0.39 is 11.9 Å². The normalized spacial score (nSPS) is 14.6. The smallest absolute Gasteiger partial charge is 0.261 e. The van der Waals surface area contributed by atoms with Crippen molar-refractivity contribution in [2.75, 3.05) is 17.7 Å². The number of likely N-dealkylation sites (N-methyl/N-ethyl adjacent to an activating group) is 1. The van der Waals surface area contributed by atoms with E-state index in [2.05, 4.69) is 25.9 Å². The molecule has 7 nitrogen and oxygen atoms in total. The summed E-state index contributed by atoms with van der Waals surface area (Å²) in [6.07, 6.45) is 0.969. The van der Waals surface area contributed by atoms with E-state index in [4.69, 9.17) is 27.9 Å². The van der Waals surface area contributed by atoms with E-state index in [9.17, 15) is 9.18 Å². The molecular formula is C20H16Cl2FN5O2. The van der Waals surface area contributed by atoms with Crippen LogP contribution in [0.5, 0.6) is 5.75 Å². The number of aromatic nitrogens is 2. The van der Waals surface area contributed by atoms with E-state index in [1.807, 2.05) is 6.07 Å². The number of ether oxygens (including phenoxy) is 1. The van der Waals surface area contributed by atoms with Gasteiger partial charge in [-0.3, -0.25) is 4.79 Å². The van der Waals surface area contributed by atoms with E-state index in [0.29, 0.717) is 33.6 Å². The highest BCUT2D eigenvalue weighted by molar-refractivity contribution is 6.42. The van der Waals surface area contributed by atoms with E-state index in [0.717, 1.165) is 11.8 Å². The molecule has 30 heavy (non-hydrogen) atoms. The summed E-state index contributed by atoms with van der Waals surface area (Å²) in [7, 11) is 1.57. The summed E-state index contributed by atoms with van der Waals surface area (Å²) in [5.74, 6) is 0.0230. The van der Waals surface area contributed by atoms with Crippen molar-refractivity contribution >= 4 is 52.3 Å². The summed E-state index contributed by atoms with van der Waals surface area (Å²) in [6, 6.07) is 10.2. The van der Waals surface area contributed by atoms with Crippen LogP contribution in [0.2, 0.25) is 10.0 Å². The van der Waals surface area contributed by atoms with Crippen LogP contribution in [0.1, 0.15) is 5.56 Å². The van der Waals surface area contributed by atoms with Crippen LogP contribution in [-0.4, -0.2) is 29.0 Å². The zero-order valence-electron chi connectivity index (χ0n) is 15.7. The lowest BCUT2D eigenvalue weighted by molar-refractivity contribution is -0.126. The first-order chi connectivity index (χ1) is 14.4. The second-order valence-corrected chi connectivity index (χ2v) is 7.33. The third-order valence-corrected chi connectivity index (χ3v) is 5.20. The largest absolute Gasteiger partial charge is 0.480 e. The summed E-state index contributed by atoms with van der Waals surface area (Å²) in [5, 5.41) is 9.20. The van der Waals surface area contributed by atoms with Crippen molar-refractivity contribution < 1.29 is 13.9 Å². The number of carbonyl (C=O) groups excluding carboxylic acids is 1. The van der Waals surface area contributed by atoms with Gasteiger partial charge < -0.3 is 20.7 Å². The molecule has 2 heterocycles. The Kier molecular flexibility index (Phi) is 5.61. The molecule has 0 aliphatic carbocycles. The summed E-state index contributed by atoms with van der Waals surface area (Å²) in [5.41, 5.74) is 2.09. The van der Waals surface area contributed by atoms with Gasteiger partial charge in [-0.2, -0.15) is 4.98 Å². The molecule has 1 aromatic heterocycles. The Bertz CT molecular complexity index is 1130. The fourth-order valence-electron chi connectivity index (χ4n) is 2.99. The Morgan fingerprint density at radius 2 is 1.90 bits per heavy atom. The number of rotatable bonds is 5. The SMILES string of the molecule is CNC(=O)C1Cc2cc(Nc3ncc(F)c(Nc4ccc(Cl)c(Cl)c4)n3)ccc2O1. The molecule has 1 aliphatic heterocycles. The first kappa shape index (κ1) is 20.2. The van der Waals surface area contributed by atoms with E-state index in [1.165, 1.54) is 0 Å². The number of nitrogens with zero attached hydrogens (tertiary/aromatic N) is 2. The molecule has 0 saturated carbocycles. The number of fused-ring (bicyclic) bond motifs is 1. The maximum absolute atomic E-state index is 14.2. The van der Waals surface area contributed by atoms with Gasteiger partial charge in [0.05, 0.1) is 16.2 Å². The number of carbonyl (C=O) groups is 1. The zero-order chi connectivity index (χ0) is 21.3. The number of hydrogen-bond acceptors (Lipinski definition) is 6. The summed E-state index contributed by atoms with van der Waals surface area (Å²) in [6.45, 7) is 0. The first-order valence-electron chi connectivity index (χ1n) is 8.96. The maximum atomic E-state index is 14.2. The molecule has 3 N–H and O–H groups in total. The third-order valence-electron chi connectivity index (χ3n) is 4.46. The van der Waals surface area contributed by atoms with Crippen molar-refractivity contribution in [2.45, 2.75) is 12.5 Å². The van der Waals surface area contributed by atoms with Crippen molar-refractivity contribution in [1.82, 2.24) is 15.3 Å². The maximum Gasteiger partial charge on any atom is 0.261 e. The molecule has 3 aromatic rings. The fraction of sp³-hybridized carbons (Fsp3) is 0.150. The van der Waals surface area contributed by atoms with Crippen molar-refractivity contribution in [3.8, 4) is 5.75 Å². The lowest BCUT2D eigenvalue weighted by Gasteiger charge is -2.10. The van der Waals surface area contributed by atoms with Crippen LogP contribution in [0.25, 0.3) is 0 Å². The molecule has 0 saturated heterocycles. The molecule has 2 aromatic carbocycles. The topological polar surface area (TPSA) is 88.2 Å². The molecule has 1 amide bonds. The Morgan fingerprint density at radius 1 is 1.13 bits per heavy atom. The van der Waals surface area contributed by atoms with E-state index in [-0.39, 0.29) is 17.7 Å². The molecule has 1 aliphatic rings. The Hall–Kier alpha value is -3.10. The average Bonchev–Trinajstić information content (AvgIpc) is 3.16. The standard InChI is InChI=1S/C20H16Cl2FN5O2/c1-24-19(29)17-7-10-6-11(3-5-16(10)30-17)27-20-25-9-15(23)18(28-20)26-12-2-4-13(21)14(22)8-12/h2-6,8-9,17H,7H2,1H3,(H,24,29)(H2,25,26,27,28). The third kappa shape index (κ3) is 4.24. The zero-order valence-corrected chi connectivity index (χ0v) is 17.2. The quantitative estimate of drug-likeness (QED) is 0.534. The van der Waals surface area contributed by atoms with Crippen molar-refractivity contribution in [3.63, 3.8) is 0 Å². The minimum Gasteiger partial charge on any atom is -0.480 e. The van der Waals surface area contributed by atoms with Crippen molar-refractivity contribution in [1.29, 1.82) is 0 Å². The molecule has 10 heteroatoms. The average molecular weight is 448 g/mol. The van der Waals surface area contributed by atoms with Crippen LogP contribution in [0.15, 0.2) is 42.6 Å². The van der Waals surface area contributed by atoms with Crippen LogP contribution < -0.4 is 20.7 Å². The molecule has 0 spiro atoms. The lowest BCUT2D eigenvalue weighted by Crippen LogP contribution is -2.34. The fourth-order valence-corrected chi connectivity index (χ4v) is 3.29. The van der Waals surface area contributed by atoms with Gasteiger partial charge in [0.1, 0.15) is 5.75 Å². The Labute approximate surface area is 181 Å². The predicted molar refractivity (Wildman–Crippen MR) is 114 cm³/mol. The van der Waals surface area contributed by atoms with Gasteiger partial charge in [-0.15, -0.1) is 0 Å². The lowest BCUT2D eigenvalue weighted by atomic mass is 10.1. The highest BCUT2D eigenvalue weighted by Gasteiger charge is 2.28. The second-order valence-electron chi connectivity index (χ2n) is 6.52. The van der Waals surface area contributed by atoms with E-state index in [1.54, 1.807) is 37.4 Å². The minimum absolute atomic E-state index is 0.0185. The van der Waals surface area contributed by atoms with Gasteiger partial charge in [-0.1, -0.05) is 23.2 Å². The molecular weight excluding hydrogens is 432 g/mol. The Balaban J connectivity index is 1.51. The number of benzene rings is 2. The molecule has 154 valence electrons. The molecule has 4 rings (SSSR count). The molecule has 0 radical (unpaired) electrons. The minimum atomic E-state index is -0.623. The number of hydrogen-bond donors (Lipinski definition) is 3. The van der Waals surface area contributed by atoms with Gasteiger partial charge in [0.15, 0.2) is 17.7 Å². The predicted octanol–water partition coefficient (Wildman–Crippen LogP) is 4.46. The highest BCUT2D eigenvalue weighted by Crippen LogP contribution is 2.32. The second kappa shape index (κ2) is 8.33. The van der Waals surface area contributed by atoms with Crippen molar-refractivity contribution in [3.05, 3.63) is 64.0 Å². The number of anilines is 4. The first-order valence-corrected chi connectivity index (χ1v) is 9.71. The van der Waals surface area contributed by atoms with Gasteiger partial charge in [-0.25, -0.2) is 9.37 Å². The molecule has 1 atom stereocenters. The monoisotopic (exact) mass is 447 g/mol. The summed E-state index contributed by atoms with van der Waals surface area (Å²) >= 11 is 11.9. The summed E-state index contributed by atoms with van der Waals surface area (Å²) < 4.78 is 19.8. The number of amides is 1. The van der Waals surface area contributed by atoms with Gasteiger partial charge in [0.2, 0.25) is 5.95 Å². The number of halogens is 3. The number of nitrogens with one attached hydrogen (secondary N) is 3. The van der Waals surface area contributed by atoms with Gasteiger partial charge in [0, 0.05) is 30.4 Å². The van der Waals surface area contributed by atoms with Gasteiger partial charge in [0.25, 0.3) is 5.91 Å². The molecule has 1 unspecified atom stereocenters. The molecule has 0 bridgehead atoms. The van der Waals surface area contributed by atoms with E-state index >= 15 is 0 Å².